The monoisotopic (exact) mass is 289 g/mol. The summed E-state index contributed by atoms with van der Waals surface area (Å²) in [6, 6.07) is 1.96. The lowest BCUT2D eigenvalue weighted by Crippen LogP contribution is -2.12. The van der Waals surface area contributed by atoms with Gasteiger partial charge in [-0.25, -0.2) is 0 Å². The molecule has 0 amide bonds. The van der Waals surface area contributed by atoms with E-state index in [1.165, 1.54) is 0 Å². The second-order valence-electron chi connectivity index (χ2n) is 3.23. The Hall–Kier alpha value is -0.780. The maximum Gasteiger partial charge on any atom is 0.139 e. The lowest BCUT2D eigenvalue weighted by molar-refractivity contribution is 0.0861. The highest BCUT2D eigenvalue weighted by atomic mass is 79.9. The number of benzene rings is 1. The minimum absolute atomic E-state index is 0.573. The minimum Gasteiger partial charge on any atom is -0.496 e. The van der Waals surface area contributed by atoms with Crippen molar-refractivity contribution >= 4 is 15.9 Å². The van der Waals surface area contributed by atoms with E-state index in [0.717, 1.165) is 27.1 Å². The Morgan fingerprint density at radius 3 is 2.31 bits per heavy atom. The van der Waals surface area contributed by atoms with Crippen LogP contribution in [-0.2, 0) is 11.4 Å². The molecule has 0 aliphatic heterocycles. The highest BCUT2D eigenvalue weighted by Gasteiger charge is 2.14. The Balaban J connectivity index is 3.18. The van der Waals surface area contributed by atoms with Crippen LogP contribution < -0.4 is 15.0 Å². The number of rotatable bonds is 5. The molecule has 4 nitrogen and oxygen atoms in total. The zero-order valence-electron chi connectivity index (χ0n) is 9.89. The molecule has 0 aliphatic carbocycles. The van der Waals surface area contributed by atoms with Crippen LogP contribution in [-0.4, -0.2) is 21.3 Å². The Morgan fingerprint density at radius 1 is 1.19 bits per heavy atom. The summed E-state index contributed by atoms with van der Waals surface area (Å²) in [6.45, 7) is 2.53. The van der Waals surface area contributed by atoms with Crippen LogP contribution in [0.4, 0.5) is 0 Å². The molecule has 0 radical (unpaired) electrons. The Bertz CT molecular complexity index is 369. The molecule has 5 heteroatoms. The van der Waals surface area contributed by atoms with Crippen molar-refractivity contribution in [3.8, 4) is 11.5 Å². The molecule has 0 spiro atoms. The van der Waals surface area contributed by atoms with Crippen molar-refractivity contribution in [2.75, 3.05) is 21.3 Å². The largest absolute Gasteiger partial charge is 0.496 e. The van der Waals surface area contributed by atoms with Gasteiger partial charge in [0, 0.05) is 17.7 Å². The van der Waals surface area contributed by atoms with Gasteiger partial charge in [0.15, 0.2) is 0 Å². The molecule has 0 saturated heterocycles. The number of nitrogens with one attached hydrogen (secondary N) is 1. The third-order valence-electron chi connectivity index (χ3n) is 2.31. The van der Waals surface area contributed by atoms with Crippen molar-refractivity contribution in [1.29, 1.82) is 0 Å². The van der Waals surface area contributed by atoms with Crippen molar-refractivity contribution < 1.29 is 14.3 Å². The maximum absolute atomic E-state index is 5.37. The molecule has 0 aromatic heterocycles. The summed E-state index contributed by atoms with van der Waals surface area (Å²) < 4.78 is 11.6. The van der Waals surface area contributed by atoms with Crippen LogP contribution in [0.25, 0.3) is 0 Å². The van der Waals surface area contributed by atoms with E-state index >= 15 is 0 Å². The predicted octanol–water partition coefficient (Wildman–Crippen LogP) is 2.43. The van der Waals surface area contributed by atoms with Gasteiger partial charge in [0.2, 0.25) is 0 Å². The average Bonchev–Trinajstić information content (AvgIpc) is 2.26. The van der Waals surface area contributed by atoms with E-state index in [0.29, 0.717) is 6.54 Å². The summed E-state index contributed by atoms with van der Waals surface area (Å²) >= 11 is 3.46. The molecule has 1 N–H and O–H groups in total. The van der Waals surface area contributed by atoms with Crippen LogP contribution in [0.15, 0.2) is 10.5 Å². The van der Waals surface area contributed by atoms with Gasteiger partial charge < -0.3 is 14.3 Å². The van der Waals surface area contributed by atoms with Crippen molar-refractivity contribution in [3.05, 3.63) is 21.7 Å². The smallest absolute Gasteiger partial charge is 0.139 e. The van der Waals surface area contributed by atoms with E-state index in [-0.39, 0.29) is 0 Å². The van der Waals surface area contributed by atoms with Gasteiger partial charge in [-0.05, 0) is 28.9 Å². The van der Waals surface area contributed by atoms with Gasteiger partial charge in [-0.15, -0.1) is 0 Å². The molecule has 1 aromatic carbocycles. The number of halogens is 1. The highest BCUT2D eigenvalue weighted by molar-refractivity contribution is 9.10. The summed E-state index contributed by atoms with van der Waals surface area (Å²) in [4.78, 5) is 4.83. The molecule has 90 valence electrons. The first-order chi connectivity index (χ1) is 7.65. The third-order valence-corrected chi connectivity index (χ3v) is 2.89. The third kappa shape index (κ3) is 2.66. The van der Waals surface area contributed by atoms with Gasteiger partial charge in [0.25, 0.3) is 0 Å². The quantitative estimate of drug-likeness (QED) is 0.845. The van der Waals surface area contributed by atoms with E-state index in [2.05, 4.69) is 21.4 Å². The molecule has 1 rings (SSSR count). The number of hydrogen-bond acceptors (Lipinski definition) is 4. The SMILES string of the molecule is CONCc1cc(Br)c(OC)c(C)c1OC. The van der Waals surface area contributed by atoms with Gasteiger partial charge in [-0.3, -0.25) is 0 Å². The summed E-state index contributed by atoms with van der Waals surface area (Å²) in [7, 11) is 4.86. The fraction of sp³-hybridized carbons (Fsp3) is 0.455. The van der Waals surface area contributed by atoms with Crippen molar-refractivity contribution in [1.82, 2.24) is 5.48 Å². The van der Waals surface area contributed by atoms with Gasteiger partial charge >= 0.3 is 0 Å². The lowest BCUT2D eigenvalue weighted by atomic mass is 10.1. The first kappa shape index (κ1) is 13.3. The molecular weight excluding hydrogens is 274 g/mol. The summed E-state index contributed by atoms with van der Waals surface area (Å²) in [5.74, 6) is 1.60. The first-order valence-electron chi connectivity index (χ1n) is 4.81. The van der Waals surface area contributed by atoms with Crippen molar-refractivity contribution in [2.24, 2.45) is 0 Å². The average molecular weight is 290 g/mol. The molecule has 0 saturated carbocycles. The van der Waals surface area contributed by atoms with E-state index < -0.39 is 0 Å². The fourth-order valence-electron chi connectivity index (χ4n) is 1.62. The molecule has 1 aromatic rings. The molecule has 0 atom stereocenters. The van der Waals surface area contributed by atoms with E-state index in [1.807, 2.05) is 13.0 Å². The summed E-state index contributed by atoms with van der Waals surface area (Å²) in [5, 5.41) is 0. The molecular formula is C11H16BrNO3. The number of hydrogen-bond donors (Lipinski definition) is 1. The van der Waals surface area contributed by atoms with Crippen LogP contribution in [0.3, 0.4) is 0 Å². The number of hydroxylamine groups is 1. The molecule has 0 aliphatic rings. The second-order valence-corrected chi connectivity index (χ2v) is 4.09. The topological polar surface area (TPSA) is 39.7 Å². The standard InChI is InChI=1S/C11H16BrNO3/c1-7-10(14-2)8(6-13-16-4)5-9(12)11(7)15-3/h5,13H,6H2,1-4H3. The van der Waals surface area contributed by atoms with Crippen molar-refractivity contribution in [2.45, 2.75) is 13.5 Å². The molecule has 16 heavy (non-hydrogen) atoms. The Kier molecular flexibility index (Phi) is 5.05. The Morgan fingerprint density at radius 2 is 1.81 bits per heavy atom. The summed E-state index contributed by atoms with van der Waals surface area (Å²) in [6.07, 6.45) is 0. The minimum atomic E-state index is 0.573. The zero-order valence-corrected chi connectivity index (χ0v) is 11.5. The first-order valence-corrected chi connectivity index (χ1v) is 5.60. The molecule has 0 heterocycles. The van der Waals surface area contributed by atoms with Crippen LogP contribution in [0.5, 0.6) is 11.5 Å². The van der Waals surface area contributed by atoms with Gasteiger partial charge in [0.1, 0.15) is 11.5 Å². The number of ether oxygens (including phenoxy) is 2. The highest BCUT2D eigenvalue weighted by Crippen LogP contribution is 2.37. The van der Waals surface area contributed by atoms with E-state index in [1.54, 1.807) is 21.3 Å². The van der Waals surface area contributed by atoms with Crippen LogP contribution in [0, 0.1) is 6.92 Å². The fourth-order valence-corrected chi connectivity index (χ4v) is 2.36. The predicted molar refractivity (Wildman–Crippen MR) is 65.8 cm³/mol. The maximum atomic E-state index is 5.37. The Labute approximate surface area is 104 Å². The molecule has 0 bridgehead atoms. The van der Waals surface area contributed by atoms with Crippen LogP contribution in [0.1, 0.15) is 11.1 Å². The van der Waals surface area contributed by atoms with Gasteiger partial charge in [-0.1, -0.05) is 0 Å². The van der Waals surface area contributed by atoms with E-state index in [4.69, 9.17) is 14.3 Å². The van der Waals surface area contributed by atoms with E-state index in [9.17, 15) is 0 Å². The lowest BCUT2D eigenvalue weighted by Gasteiger charge is -2.16. The van der Waals surface area contributed by atoms with Gasteiger partial charge in [0.05, 0.1) is 25.8 Å². The van der Waals surface area contributed by atoms with Crippen LogP contribution in [0.2, 0.25) is 0 Å². The second kappa shape index (κ2) is 6.08. The summed E-state index contributed by atoms with van der Waals surface area (Å²) in [5.41, 5.74) is 4.76. The number of methoxy groups -OCH3 is 2. The zero-order chi connectivity index (χ0) is 12.1. The normalized spacial score (nSPS) is 10.3. The van der Waals surface area contributed by atoms with Gasteiger partial charge in [-0.2, -0.15) is 5.48 Å². The van der Waals surface area contributed by atoms with Crippen molar-refractivity contribution in [3.63, 3.8) is 0 Å². The molecule has 0 unspecified atom stereocenters. The van der Waals surface area contributed by atoms with Crippen LogP contribution >= 0.6 is 15.9 Å². The molecule has 0 fully saturated rings.